The van der Waals surface area contributed by atoms with Gasteiger partial charge in [0, 0.05) is 0 Å². The lowest BCUT2D eigenvalue weighted by molar-refractivity contribution is -0.277. The summed E-state index contributed by atoms with van der Waals surface area (Å²) in [6.07, 6.45) is 0. The van der Waals surface area contributed by atoms with Crippen LogP contribution >= 0.6 is 38.0 Å². The van der Waals surface area contributed by atoms with Crippen LogP contribution in [-0.4, -0.2) is 105 Å². The molecule has 24 heteroatoms. The monoisotopic (exact) mass is 540 g/mol. The fraction of sp³-hybridized carbons (Fsp3) is 1.00. The SMILES string of the molecule is O=P(O)(O)C1N2CN3CN1C(P(=O)(O)O)(P(=O)(O)O)N(C2)C3(P(=O)(O)O)P(=O)(O)O. The van der Waals surface area contributed by atoms with Crippen molar-refractivity contribution < 1.29 is 71.8 Å². The van der Waals surface area contributed by atoms with E-state index in [1.165, 1.54) is 0 Å². The van der Waals surface area contributed by atoms with E-state index in [-0.39, 0.29) is 9.80 Å². The third-order valence-electron chi connectivity index (χ3n) is 5.00. The van der Waals surface area contributed by atoms with Gasteiger partial charge in [0.05, 0.1) is 20.0 Å². The molecule has 0 aliphatic carbocycles. The van der Waals surface area contributed by atoms with Crippen LogP contribution in [0.5, 0.6) is 0 Å². The summed E-state index contributed by atoms with van der Waals surface area (Å²) >= 11 is 0. The summed E-state index contributed by atoms with van der Waals surface area (Å²) in [6.45, 7) is -3.76. The summed E-state index contributed by atoms with van der Waals surface area (Å²) in [4.78, 5) is 98.8. The van der Waals surface area contributed by atoms with Crippen LogP contribution in [0.1, 0.15) is 0 Å². The molecule has 176 valence electrons. The molecule has 0 aromatic carbocycles. The van der Waals surface area contributed by atoms with Gasteiger partial charge in [-0.2, -0.15) is 0 Å². The standard InChI is InChI=1S/C6H17N4O15P5/c11-26(12,13)4-7-1-8-3-9(4)6(29(20,21)22,30(23,24)25)10(2-7)5(8,27(14,15)16)28(17,18)19/h4H,1-3H2,(H2,11,12,13)(H2,14,15,16)(H2,17,18,19)(H2,20,21,22)(H2,23,24,25). The Morgan fingerprint density at radius 1 is 0.600 bits per heavy atom. The van der Waals surface area contributed by atoms with Crippen molar-refractivity contribution in [2.75, 3.05) is 20.0 Å². The average Bonchev–Trinajstić information content (AvgIpc) is 2.38. The van der Waals surface area contributed by atoms with Gasteiger partial charge in [0.1, 0.15) is 0 Å². The van der Waals surface area contributed by atoms with Crippen molar-refractivity contribution in [2.45, 2.75) is 16.2 Å². The quantitative estimate of drug-likeness (QED) is 0.151. The first-order valence-corrected chi connectivity index (χ1v) is 15.5. The summed E-state index contributed by atoms with van der Waals surface area (Å²) in [5.41, 5.74) is 0. The molecule has 0 saturated carbocycles. The van der Waals surface area contributed by atoms with Crippen molar-refractivity contribution in [3.63, 3.8) is 0 Å². The maximum atomic E-state index is 12.4. The fourth-order valence-corrected chi connectivity index (χ4v) is 12.8. The van der Waals surface area contributed by atoms with Gasteiger partial charge in [-0.15, -0.1) is 0 Å². The summed E-state index contributed by atoms with van der Waals surface area (Å²) in [5.74, 6) is -2.38. The van der Waals surface area contributed by atoms with Crippen molar-refractivity contribution in [3.05, 3.63) is 0 Å². The number of hydrogen-bond donors (Lipinski definition) is 10. The van der Waals surface area contributed by atoms with Crippen molar-refractivity contribution in [3.8, 4) is 0 Å². The summed E-state index contributed by atoms with van der Waals surface area (Å²) in [7, 11) is -30.6. The molecular formula is C6H17N4O15P5. The molecule has 30 heavy (non-hydrogen) atoms. The zero-order valence-electron chi connectivity index (χ0n) is 14.2. The Morgan fingerprint density at radius 3 is 1.33 bits per heavy atom. The van der Waals surface area contributed by atoms with E-state index in [1.54, 1.807) is 0 Å². The number of rotatable bonds is 5. The molecule has 0 amide bonds. The minimum atomic E-state index is -6.40. The topological polar surface area (TPSA) is 301 Å². The molecule has 4 aliphatic rings. The highest BCUT2D eigenvalue weighted by molar-refractivity contribution is 7.74. The van der Waals surface area contributed by atoms with Crippen LogP contribution in [0.25, 0.3) is 0 Å². The van der Waals surface area contributed by atoms with Crippen LogP contribution in [0.4, 0.5) is 0 Å². The molecule has 4 bridgehead atoms. The molecule has 0 aromatic rings. The molecule has 10 N–H and O–H groups in total. The summed E-state index contributed by atoms with van der Waals surface area (Å²) in [5, 5.41) is -8.14. The molecule has 0 aromatic heterocycles. The fourth-order valence-electron chi connectivity index (χ4n) is 4.31. The summed E-state index contributed by atoms with van der Waals surface area (Å²) in [6, 6.07) is 0. The second-order valence-electron chi connectivity index (χ2n) is 6.76. The van der Waals surface area contributed by atoms with Crippen LogP contribution in [0.2, 0.25) is 0 Å². The van der Waals surface area contributed by atoms with Crippen molar-refractivity contribution >= 4 is 38.0 Å². The van der Waals surface area contributed by atoms with Crippen LogP contribution in [0, 0.1) is 0 Å². The highest BCUT2D eigenvalue weighted by atomic mass is 31.2. The van der Waals surface area contributed by atoms with Gasteiger partial charge < -0.3 is 48.9 Å². The lowest BCUT2D eigenvalue weighted by atomic mass is 10.3. The Labute approximate surface area is 166 Å². The van der Waals surface area contributed by atoms with Gasteiger partial charge >= 0.3 is 38.0 Å². The van der Waals surface area contributed by atoms with E-state index in [1.807, 2.05) is 0 Å². The molecule has 5 unspecified atom stereocenters. The molecule has 4 saturated heterocycles. The molecule has 4 rings (SSSR count). The average molecular weight is 540 g/mol. The maximum absolute atomic E-state index is 12.4. The first kappa shape index (κ1) is 25.2. The molecule has 4 heterocycles. The van der Waals surface area contributed by atoms with Gasteiger partial charge in [-0.1, -0.05) is 0 Å². The molecule has 4 fully saturated rings. The van der Waals surface area contributed by atoms with Crippen molar-refractivity contribution in [2.24, 2.45) is 0 Å². The maximum Gasteiger partial charge on any atom is 0.373 e. The van der Waals surface area contributed by atoms with Crippen LogP contribution in [0.15, 0.2) is 0 Å². The van der Waals surface area contributed by atoms with Crippen LogP contribution in [0.3, 0.4) is 0 Å². The minimum absolute atomic E-state index is 0.0775. The van der Waals surface area contributed by atoms with Gasteiger partial charge in [-0.05, 0) is 0 Å². The van der Waals surface area contributed by atoms with E-state index < -0.39 is 79.1 Å². The van der Waals surface area contributed by atoms with Crippen molar-refractivity contribution in [1.82, 2.24) is 19.6 Å². The van der Waals surface area contributed by atoms with E-state index in [9.17, 15) is 71.8 Å². The molecule has 5 atom stereocenters. The Balaban J connectivity index is 2.51. The smallest absolute Gasteiger partial charge is 0.322 e. The molecular weight excluding hydrogens is 523 g/mol. The molecule has 0 spiro atoms. The Morgan fingerprint density at radius 2 is 1.00 bits per heavy atom. The molecule has 0 radical (unpaired) electrons. The largest absolute Gasteiger partial charge is 0.373 e. The zero-order valence-corrected chi connectivity index (χ0v) is 18.7. The van der Waals surface area contributed by atoms with Gasteiger partial charge in [0.15, 0.2) is 5.91 Å². The third-order valence-corrected chi connectivity index (χ3v) is 14.5. The first-order chi connectivity index (χ1) is 13.1. The highest BCUT2D eigenvalue weighted by Gasteiger charge is 2.87. The zero-order chi connectivity index (χ0) is 23.5. The second kappa shape index (κ2) is 6.59. The third kappa shape index (κ3) is 2.90. The van der Waals surface area contributed by atoms with Gasteiger partial charge in [0.25, 0.3) is 10.3 Å². The number of hydrogen-bond acceptors (Lipinski definition) is 9. The lowest BCUT2D eigenvalue weighted by Gasteiger charge is -2.72. The molecule has 4 aliphatic heterocycles. The predicted molar refractivity (Wildman–Crippen MR) is 91.4 cm³/mol. The highest BCUT2D eigenvalue weighted by Crippen LogP contribution is 2.84. The molecule has 19 nitrogen and oxygen atoms in total. The Kier molecular flexibility index (Phi) is 5.54. The van der Waals surface area contributed by atoms with E-state index in [2.05, 4.69) is 0 Å². The minimum Gasteiger partial charge on any atom is -0.322 e. The van der Waals surface area contributed by atoms with E-state index in [0.29, 0.717) is 4.90 Å². The second-order valence-corrected chi connectivity index (χ2v) is 16.0. The van der Waals surface area contributed by atoms with E-state index in [0.717, 1.165) is 0 Å². The van der Waals surface area contributed by atoms with E-state index in [4.69, 9.17) is 0 Å². The number of nitrogens with zero attached hydrogens (tertiary/aromatic N) is 4. The van der Waals surface area contributed by atoms with Crippen LogP contribution in [-0.2, 0) is 22.8 Å². The van der Waals surface area contributed by atoms with Gasteiger partial charge in [-0.25, -0.2) is 14.7 Å². The Hall–Kier alpha value is 0.590. The normalized spacial score (nSPS) is 36.1. The summed E-state index contributed by atoms with van der Waals surface area (Å²) < 4.78 is 61.5. The van der Waals surface area contributed by atoms with Gasteiger partial charge in [-0.3, -0.25) is 27.7 Å². The predicted octanol–water partition coefficient (Wildman–Crippen LogP) is -3.50. The Bertz CT molecular complexity index is 957. The van der Waals surface area contributed by atoms with Gasteiger partial charge in [0.2, 0.25) is 0 Å². The van der Waals surface area contributed by atoms with E-state index >= 15 is 0 Å². The lowest BCUT2D eigenvalue weighted by Crippen LogP contribution is -2.89. The van der Waals surface area contributed by atoms with Crippen LogP contribution < -0.4 is 0 Å². The van der Waals surface area contributed by atoms with Crippen molar-refractivity contribution in [1.29, 1.82) is 0 Å². The first-order valence-electron chi connectivity index (χ1n) is 7.37.